The van der Waals surface area contributed by atoms with Crippen LogP contribution in [0.3, 0.4) is 0 Å². The fourth-order valence-corrected chi connectivity index (χ4v) is 2.40. The van der Waals surface area contributed by atoms with Gasteiger partial charge in [0.1, 0.15) is 5.60 Å². The zero-order chi connectivity index (χ0) is 16.2. The fourth-order valence-electron chi connectivity index (χ4n) is 2.40. The van der Waals surface area contributed by atoms with E-state index in [1.807, 2.05) is 20.8 Å². The van der Waals surface area contributed by atoms with Crippen LogP contribution in [0.5, 0.6) is 0 Å². The first-order valence-corrected chi connectivity index (χ1v) is 7.82. The summed E-state index contributed by atoms with van der Waals surface area (Å²) in [7, 11) is 2.05. The lowest BCUT2D eigenvalue weighted by atomic mass is 10.1. The van der Waals surface area contributed by atoms with E-state index in [1.165, 1.54) is 11.3 Å². The van der Waals surface area contributed by atoms with Crippen LogP contribution >= 0.6 is 0 Å². The van der Waals surface area contributed by atoms with Crippen LogP contribution in [0.4, 0.5) is 4.79 Å². The molecule has 0 aliphatic carbocycles. The Morgan fingerprint density at radius 2 is 2.14 bits per heavy atom. The number of aromatic nitrogens is 1. The van der Waals surface area contributed by atoms with Gasteiger partial charge in [-0.2, -0.15) is 0 Å². The van der Waals surface area contributed by atoms with Gasteiger partial charge < -0.3 is 19.5 Å². The van der Waals surface area contributed by atoms with Gasteiger partial charge in [0, 0.05) is 45.1 Å². The molecule has 1 amide bonds. The number of hydrogen-bond acceptors (Lipinski definition) is 3. The number of nitrogens with one attached hydrogen (secondary N) is 1. The predicted octanol–water partition coefficient (Wildman–Crippen LogP) is 2.68. The molecule has 0 unspecified atom stereocenters. The van der Waals surface area contributed by atoms with E-state index in [1.54, 1.807) is 4.90 Å². The molecular weight excluding hydrogens is 278 g/mol. The van der Waals surface area contributed by atoms with E-state index in [0.717, 1.165) is 26.1 Å². The molecule has 0 saturated carbocycles. The summed E-state index contributed by atoms with van der Waals surface area (Å²) in [6, 6.07) is 4.17. The molecule has 0 fully saturated rings. The smallest absolute Gasteiger partial charge is 0.410 e. The van der Waals surface area contributed by atoms with Gasteiger partial charge in [0.2, 0.25) is 0 Å². The third-order valence-electron chi connectivity index (χ3n) is 3.66. The highest BCUT2D eigenvalue weighted by molar-refractivity contribution is 5.68. The van der Waals surface area contributed by atoms with Gasteiger partial charge in [-0.05, 0) is 39.3 Å². The van der Waals surface area contributed by atoms with Gasteiger partial charge in [0.25, 0.3) is 0 Å². The SMILES string of the molecule is Cn1cccc1CNCC1=CCN(C(=O)OC(C)(C)C)CC1. The topological polar surface area (TPSA) is 46.5 Å². The number of carbonyl (C=O) groups is 1. The first-order chi connectivity index (χ1) is 10.3. The molecule has 122 valence electrons. The molecule has 1 N–H and O–H groups in total. The standard InChI is InChI=1S/C17H27N3O2/c1-17(2,3)22-16(21)20-10-7-14(8-11-20)12-18-13-15-6-5-9-19(15)4/h5-7,9,18H,8,10-13H2,1-4H3. The van der Waals surface area contributed by atoms with Gasteiger partial charge in [-0.1, -0.05) is 11.6 Å². The summed E-state index contributed by atoms with van der Waals surface area (Å²) in [5, 5.41) is 3.46. The summed E-state index contributed by atoms with van der Waals surface area (Å²) < 4.78 is 7.51. The van der Waals surface area contributed by atoms with Crippen LogP contribution in [-0.2, 0) is 18.3 Å². The minimum atomic E-state index is -0.433. The fraction of sp³-hybridized carbons (Fsp3) is 0.588. The molecule has 1 aliphatic rings. The summed E-state index contributed by atoms with van der Waals surface area (Å²) >= 11 is 0. The highest BCUT2D eigenvalue weighted by Gasteiger charge is 2.23. The molecule has 5 heteroatoms. The maximum atomic E-state index is 12.0. The molecule has 0 saturated heterocycles. The van der Waals surface area contributed by atoms with Crippen molar-refractivity contribution < 1.29 is 9.53 Å². The van der Waals surface area contributed by atoms with E-state index in [4.69, 9.17) is 4.74 Å². The van der Waals surface area contributed by atoms with Crippen LogP contribution in [0.1, 0.15) is 32.9 Å². The van der Waals surface area contributed by atoms with Crippen LogP contribution in [0, 0.1) is 0 Å². The van der Waals surface area contributed by atoms with Gasteiger partial charge in [-0.3, -0.25) is 0 Å². The molecular formula is C17H27N3O2. The summed E-state index contributed by atoms with van der Waals surface area (Å²) in [4.78, 5) is 13.7. The highest BCUT2D eigenvalue weighted by atomic mass is 16.6. The second-order valence-corrected chi connectivity index (χ2v) is 6.75. The second kappa shape index (κ2) is 7.01. The minimum Gasteiger partial charge on any atom is -0.444 e. The van der Waals surface area contributed by atoms with Crippen molar-refractivity contribution in [3.05, 3.63) is 35.7 Å². The van der Waals surface area contributed by atoms with Crippen LogP contribution in [0.2, 0.25) is 0 Å². The maximum Gasteiger partial charge on any atom is 0.410 e. The van der Waals surface area contributed by atoms with E-state index in [2.05, 4.69) is 41.3 Å². The molecule has 0 aromatic carbocycles. The van der Waals surface area contributed by atoms with Crippen molar-refractivity contribution in [2.24, 2.45) is 7.05 Å². The molecule has 1 aromatic rings. The normalized spacial score (nSPS) is 15.6. The number of nitrogens with zero attached hydrogens (tertiary/aromatic N) is 2. The second-order valence-electron chi connectivity index (χ2n) is 6.75. The van der Waals surface area contributed by atoms with Gasteiger partial charge in [0.15, 0.2) is 0 Å². The molecule has 2 heterocycles. The zero-order valence-electron chi connectivity index (χ0n) is 14.1. The molecule has 1 aliphatic heterocycles. The number of carbonyl (C=O) groups excluding carboxylic acids is 1. The Kier molecular flexibility index (Phi) is 5.29. The number of aryl methyl sites for hydroxylation is 1. The van der Waals surface area contributed by atoms with Gasteiger partial charge in [0.05, 0.1) is 0 Å². The minimum absolute atomic E-state index is 0.223. The van der Waals surface area contributed by atoms with Crippen LogP contribution < -0.4 is 5.32 Å². The summed E-state index contributed by atoms with van der Waals surface area (Å²) in [6.07, 6.45) is 4.86. The average Bonchev–Trinajstić information content (AvgIpc) is 2.83. The third-order valence-corrected chi connectivity index (χ3v) is 3.66. The van der Waals surface area contributed by atoms with E-state index < -0.39 is 5.60 Å². The van der Waals surface area contributed by atoms with E-state index in [9.17, 15) is 4.79 Å². The summed E-state index contributed by atoms with van der Waals surface area (Å²) in [5.74, 6) is 0. The Hall–Kier alpha value is -1.75. The first-order valence-electron chi connectivity index (χ1n) is 7.82. The first kappa shape index (κ1) is 16.6. The lowest BCUT2D eigenvalue weighted by molar-refractivity contribution is 0.0265. The molecule has 0 radical (unpaired) electrons. The molecule has 1 aromatic heterocycles. The number of rotatable bonds is 4. The number of hydrogen-bond donors (Lipinski definition) is 1. The van der Waals surface area contributed by atoms with Crippen molar-refractivity contribution in [3.8, 4) is 0 Å². The maximum absolute atomic E-state index is 12.0. The summed E-state index contributed by atoms with van der Waals surface area (Å²) in [5.41, 5.74) is 2.19. The average molecular weight is 305 g/mol. The van der Waals surface area contributed by atoms with E-state index in [-0.39, 0.29) is 6.09 Å². The van der Waals surface area contributed by atoms with E-state index in [0.29, 0.717) is 6.54 Å². The number of ether oxygens (including phenoxy) is 1. The lowest BCUT2D eigenvalue weighted by Gasteiger charge is -2.29. The Balaban J connectivity index is 1.75. The molecule has 0 bridgehead atoms. The largest absolute Gasteiger partial charge is 0.444 e. The van der Waals surface area contributed by atoms with Crippen molar-refractivity contribution in [2.45, 2.75) is 39.3 Å². The van der Waals surface area contributed by atoms with Crippen molar-refractivity contribution in [1.29, 1.82) is 0 Å². The van der Waals surface area contributed by atoms with Crippen LogP contribution in [0.15, 0.2) is 30.0 Å². The molecule has 22 heavy (non-hydrogen) atoms. The Morgan fingerprint density at radius 1 is 1.36 bits per heavy atom. The van der Waals surface area contributed by atoms with E-state index >= 15 is 0 Å². The van der Waals surface area contributed by atoms with Gasteiger partial charge in [-0.25, -0.2) is 4.79 Å². The Labute approximate surface area is 132 Å². The number of amides is 1. The zero-order valence-corrected chi connectivity index (χ0v) is 14.1. The predicted molar refractivity (Wildman–Crippen MR) is 87.6 cm³/mol. The van der Waals surface area contributed by atoms with Crippen molar-refractivity contribution in [3.63, 3.8) is 0 Å². The third kappa shape index (κ3) is 4.91. The van der Waals surface area contributed by atoms with Crippen molar-refractivity contribution in [1.82, 2.24) is 14.8 Å². The quantitative estimate of drug-likeness (QED) is 0.870. The molecule has 0 spiro atoms. The molecule has 5 nitrogen and oxygen atoms in total. The van der Waals surface area contributed by atoms with Gasteiger partial charge in [-0.15, -0.1) is 0 Å². The monoisotopic (exact) mass is 305 g/mol. The van der Waals surface area contributed by atoms with Gasteiger partial charge >= 0.3 is 6.09 Å². The lowest BCUT2D eigenvalue weighted by Crippen LogP contribution is -2.39. The van der Waals surface area contributed by atoms with Crippen LogP contribution in [-0.4, -0.2) is 40.8 Å². The Morgan fingerprint density at radius 3 is 2.68 bits per heavy atom. The summed E-state index contributed by atoms with van der Waals surface area (Å²) in [6.45, 7) is 8.77. The highest BCUT2D eigenvalue weighted by Crippen LogP contribution is 2.15. The molecule has 2 rings (SSSR count). The molecule has 0 atom stereocenters. The Bertz CT molecular complexity index is 540. The van der Waals surface area contributed by atoms with Crippen LogP contribution in [0.25, 0.3) is 0 Å². The van der Waals surface area contributed by atoms with Crippen molar-refractivity contribution in [2.75, 3.05) is 19.6 Å². The van der Waals surface area contributed by atoms with Crippen molar-refractivity contribution >= 4 is 6.09 Å².